The summed E-state index contributed by atoms with van der Waals surface area (Å²) in [7, 11) is 0. The van der Waals surface area contributed by atoms with E-state index in [4.69, 9.17) is 5.11 Å². The van der Waals surface area contributed by atoms with E-state index in [1.807, 2.05) is 23.6 Å². The molecular weight excluding hydrogens is 232 g/mol. The average molecular weight is 256 g/mol. The Morgan fingerprint density at radius 2 is 1.78 bits per heavy atom. The lowest BCUT2D eigenvalue weighted by atomic mass is 10.1. The van der Waals surface area contributed by atoms with Crippen LogP contribution in [0.2, 0.25) is 0 Å². The summed E-state index contributed by atoms with van der Waals surface area (Å²) in [4.78, 5) is 26.7. The van der Waals surface area contributed by atoms with Gasteiger partial charge >= 0.3 is 5.97 Å². The maximum absolute atomic E-state index is 12.0. The number of likely N-dealkylation sites (tertiary alicyclic amines) is 1. The third kappa shape index (κ3) is 4.29. The van der Waals surface area contributed by atoms with Crippen LogP contribution in [0.25, 0.3) is 0 Å². The highest BCUT2D eigenvalue weighted by Gasteiger charge is 2.24. The van der Waals surface area contributed by atoms with Gasteiger partial charge in [-0.1, -0.05) is 6.92 Å². The Balaban J connectivity index is 2.51. The molecule has 0 saturated carbocycles. The van der Waals surface area contributed by atoms with Crippen molar-refractivity contribution in [3.8, 4) is 0 Å². The third-order valence-corrected chi connectivity index (χ3v) is 3.46. The van der Waals surface area contributed by atoms with Crippen LogP contribution in [0.5, 0.6) is 0 Å². The van der Waals surface area contributed by atoms with E-state index in [0.29, 0.717) is 13.1 Å². The minimum absolute atomic E-state index is 0.124. The molecule has 1 aliphatic rings. The molecule has 0 aromatic carbocycles. The molecule has 1 rings (SSSR count). The summed E-state index contributed by atoms with van der Waals surface area (Å²) in [6.07, 6.45) is 2.16. The molecule has 0 aromatic heterocycles. The second kappa shape index (κ2) is 6.73. The quantitative estimate of drug-likeness (QED) is 0.771. The molecule has 5 nitrogen and oxygen atoms in total. The molecule has 0 bridgehead atoms. The molecule has 1 unspecified atom stereocenters. The van der Waals surface area contributed by atoms with Crippen LogP contribution in [0.3, 0.4) is 0 Å². The van der Waals surface area contributed by atoms with E-state index in [2.05, 4.69) is 0 Å². The highest BCUT2D eigenvalue weighted by molar-refractivity contribution is 5.78. The molecule has 1 fully saturated rings. The topological polar surface area (TPSA) is 60.9 Å². The maximum Gasteiger partial charge on any atom is 0.307 e. The van der Waals surface area contributed by atoms with Crippen LogP contribution < -0.4 is 0 Å². The summed E-state index contributed by atoms with van der Waals surface area (Å²) in [6, 6.07) is 0.179. The number of carbonyl (C=O) groups excluding carboxylic acids is 1. The molecule has 0 spiro atoms. The average Bonchev–Trinajstić information content (AvgIpc) is 2.80. The Morgan fingerprint density at radius 1 is 1.22 bits per heavy atom. The fourth-order valence-corrected chi connectivity index (χ4v) is 2.13. The zero-order valence-electron chi connectivity index (χ0n) is 11.6. The SMILES string of the molecule is CC(CN(CC(=O)N1CCCC1)C(C)C)C(=O)O. The van der Waals surface area contributed by atoms with Crippen LogP contribution >= 0.6 is 0 Å². The standard InChI is InChI=1S/C13H24N2O3/c1-10(2)15(8-11(3)13(17)18)9-12(16)14-6-4-5-7-14/h10-11H,4-9H2,1-3H3,(H,17,18). The third-order valence-electron chi connectivity index (χ3n) is 3.46. The van der Waals surface area contributed by atoms with Crippen molar-refractivity contribution in [2.45, 2.75) is 39.7 Å². The number of nitrogens with zero attached hydrogens (tertiary/aromatic N) is 2. The van der Waals surface area contributed by atoms with Gasteiger partial charge in [0.15, 0.2) is 0 Å². The van der Waals surface area contributed by atoms with E-state index >= 15 is 0 Å². The van der Waals surface area contributed by atoms with Crippen molar-refractivity contribution in [1.29, 1.82) is 0 Å². The summed E-state index contributed by atoms with van der Waals surface area (Å²) >= 11 is 0. The fourth-order valence-electron chi connectivity index (χ4n) is 2.13. The van der Waals surface area contributed by atoms with Gasteiger partial charge in [-0.25, -0.2) is 0 Å². The largest absolute Gasteiger partial charge is 0.481 e. The Hall–Kier alpha value is -1.10. The van der Waals surface area contributed by atoms with Gasteiger partial charge in [0.25, 0.3) is 0 Å². The van der Waals surface area contributed by atoms with Gasteiger partial charge in [-0.15, -0.1) is 0 Å². The van der Waals surface area contributed by atoms with Gasteiger partial charge in [0.2, 0.25) is 5.91 Å². The summed E-state index contributed by atoms with van der Waals surface area (Å²) < 4.78 is 0. The first-order valence-corrected chi connectivity index (χ1v) is 6.66. The lowest BCUT2D eigenvalue weighted by Crippen LogP contribution is -2.44. The molecule has 18 heavy (non-hydrogen) atoms. The molecule has 0 radical (unpaired) electrons. The van der Waals surface area contributed by atoms with Crippen LogP contribution in [0.15, 0.2) is 0 Å². The molecule has 1 atom stereocenters. The van der Waals surface area contributed by atoms with E-state index in [1.54, 1.807) is 6.92 Å². The van der Waals surface area contributed by atoms with Crippen LogP contribution in [0, 0.1) is 5.92 Å². The number of hydrogen-bond donors (Lipinski definition) is 1. The second-order valence-electron chi connectivity index (χ2n) is 5.35. The zero-order chi connectivity index (χ0) is 13.7. The predicted molar refractivity (Wildman–Crippen MR) is 69.3 cm³/mol. The monoisotopic (exact) mass is 256 g/mol. The lowest BCUT2D eigenvalue weighted by Gasteiger charge is -2.29. The van der Waals surface area contributed by atoms with Gasteiger partial charge < -0.3 is 10.0 Å². The van der Waals surface area contributed by atoms with Gasteiger partial charge in [-0.05, 0) is 26.7 Å². The number of carboxylic acid groups (broad SMARTS) is 1. The molecule has 1 aliphatic heterocycles. The molecule has 1 heterocycles. The zero-order valence-corrected chi connectivity index (χ0v) is 11.6. The number of carboxylic acids is 1. The molecule has 0 aromatic rings. The highest BCUT2D eigenvalue weighted by Crippen LogP contribution is 2.10. The lowest BCUT2D eigenvalue weighted by molar-refractivity contribution is -0.143. The Kier molecular flexibility index (Phi) is 5.59. The summed E-state index contributed by atoms with van der Waals surface area (Å²) in [6.45, 7) is 8.11. The number of carbonyl (C=O) groups is 2. The number of amides is 1. The maximum atomic E-state index is 12.0. The smallest absolute Gasteiger partial charge is 0.307 e. The van der Waals surface area contributed by atoms with Crippen molar-refractivity contribution in [1.82, 2.24) is 9.80 Å². The van der Waals surface area contributed by atoms with E-state index in [-0.39, 0.29) is 11.9 Å². The minimum Gasteiger partial charge on any atom is -0.481 e. The fraction of sp³-hybridized carbons (Fsp3) is 0.846. The van der Waals surface area contributed by atoms with Crippen LogP contribution in [0.1, 0.15) is 33.6 Å². The molecule has 104 valence electrons. The van der Waals surface area contributed by atoms with E-state index in [9.17, 15) is 9.59 Å². The van der Waals surface area contributed by atoms with Crippen molar-refractivity contribution >= 4 is 11.9 Å². The number of aliphatic carboxylic acids is 1. The summed E-state index contributed by atoms with van der Waals surface area (Å²) in [5.41, 5.74) is 0. The minimum atomic E-state index is -0.811. The summed E-state index contributed by atoms with van der Waals surface area (Å²) in [5, 5.41) is 8.94. The van der Waals surface area contributed by atoms with Crippen LogP contribution in [-0.4, -0.2) is 59.0 Å². The van der Waals surface area contributed by atoms with E-state index in [1.165, 1.54) is 0 Å². The van der Waals surface area contributed by atoms with Crippen LogP contribution in [0.4, 0.5) is 0 Å². The molecule has 5 heteroatoms. The first-order valence-electron chi connectivity index (χ1n) is 6.66. The molecular formula is C13H24N2O3. The second-order valence-corrected chi connectivity index (χ2v) is 5.35. The Morgan fingerprint density at radius 3 is 2.22 bits per heavy atom. The molecule has 0 aliphatic carbocycles. The van der Waals surface area contributed by atoms with Crippen molar-refractivity contribution < 1.29 is 14.7 Å². The number of hydrogen-bond acceptors (Lipinski definition) is 3. The first kappa shape index (κ1) is 15.0. The highest BCUT2D eigenvalue weighted by atomic mass is 16.4. The van der Waals surface area contributed by atoms with Crippen molar-refractivity contribution in [3.05, 3.63) is 0 Å². The van der Waals surface area contributed by atoms with Gasteiger partial charge in [0.1, 0.15) is 0 Å². The molecule has 1 amide bonds. The first-order chi connectivity index (χ1) is 8.41. The predicted octanol–water partition coefficient (Wildman–Crippen LogP) is 1.04. The van der Waals surface area contributed by atoms with Gasteiger partial charge in [0, 0.05) is 25.7 Å². The van der Waals surface area contributed by atoms with Crippen molar-refractivity contribution in [3.63, 3.8) is 0 Å². The van der Waals surface area contributed by atoms with E-state index in [0.717, 1.165) is 25.9 Å². The van der Waals surface area contributed by atoms with Gasteiger partial charge in [-0.2, -0.15) is 0 Å². The van der Waals surface area contributed by atoms with Gasteiger partial charge in [0.05, 0.1) is 12.5 Å². The Bertz CT molecular complexity index is 299. The molecule has 1 saturated heterocycles. The normalized spacial score (nSPS) is 17.5. The van der Waals surface area contributed by atoms with Crippen LogP contribution in [-0.2, 0) is 9.59 Å². The van der Waals surface area contributed by atoms with Crippen molar-refractivity contribution in [2.75, 3.05) is 26.2 Å². The van der Waals surface area contributed by atoms with Crippen molar-refractivity contribution in [2.24, 2.45) is 5.92 Å². The van der Waals surface area contributed by atoms with E-state index < -0.39 is 11.9 Å². The summed E-state index contributed by atoms with van der Waals surface area (Å²) in [5.74, 6) is -1.13. The Labute approximate surface area is 109 Å². The molecule has 1 N–H and O–H groups in total. The number of rotatable bonds is 6. The van der Waals surface area contributed by atoms with Gasteiger partial charge in [-0.3, -0.25) is 14.5 Å².